The highest BCUT2D eigenvalue weighted by atomic mass is 79.9. The van der Waals surface area contributed by atoms with E-state index in [2.05, 4.69) is 31.9 Å². The third-order valence-electron chi connectivity index (χ3n) is 4.37. The second-order valence-electron chi connectivity index (χ2n) is 5.96. The van der Waals surface area contributed by atoms with E-state index < -0.39 is 0 Å². The van der Waals surface area contributed by atoms with Gasteiger partial charge in [0.2, 0.25) is 0 Å². The number of amides is 1. The zero-order chi connectivity index (χ0) is 18.3. The molecule has 6 heteroatoms. The fraction of sp³-hybridized carbons (Fsp3) is 0.0952. The molecule has 0 radical (unpaired) electrons. The summed E-state index contributed by atoms with van der Waals surface area (Å²) >= 11 is 6.96. The van der Waals surface area contributed by atoms with Gasteiger partial charge in [0.15, 0.2) is 5.76 Å². The second kappa shape index (κ2) is 8.05. The molecule has 0 saturated carbocycles. The Balaban J connectivity index is 0.00000210. The topological polar surface area (TPSA) is 33.5 Å². The Bertz CT molecular complexity index is 1130. The van der Waals surface area contributed by atoms with E-state index >= 15 is 0 Å². The van der Waals surface area contributed by atoms with Crippen LogP contribution in [0.3, 0.4) is 0 Å². The summed E-state index contributed by atoms with van der Waals surface area (Å²) in [5, 5.41) is 3.03. The molecule has 0 bridgehead atoms. The average molecular weight is 509 g/mol. The summed E-state index contributed by atoms with van der Waals surface area (Å²) in [6.07, 6.45) is 0. The van der Waals surface area contributed by atoms with Gasteiger partial charge in [-0.3, -0.25) is 4.79 Å². The molecule has 1 aromatic heterocycles. The van der Waals surface area contributed by atoms with Gasteiger partial charge in [-0.1, -0.05) is 52.3 Å². The Kier molecular flexibility index (Phi) is 5.94. The number of nitrogens with zero attached hydrogens (tertiary/aromatic N) is 1. The zero-order valence-corrected chi connectivity index (χ0v) is 18.3. The van der Waals surface area contributed by atoms with Gasteiger partial charge in [0.05, 0.1) is 10.2 Å². The molecule has 4 rings (SSSR count). The fourth-order valence-corrected chi connectivity index (χ4v) is 4.52. The minimum atomic E-state index is -0.150. The second-order valence-corrected chi connectivity index (χ2v) is 7.73. The maximum absolute atomic E-state index is 13.2. The molecule has 4 aromatic rings. The Morgan fingerprint density at radius 2 is 1.74 bits per heavy atom. The largest absolute Gasteiger partial charge is 1.00 e. The van der Waals surface area contributed by atoms with Crippen molar-refractivity contribution in [2.45, 2.75) is 6.92 Å². The van der Waals surface area contributed by atoms with Crippen LogP contribution in [0, 0.1) is 0 Å². The highest BCUT2D eigenvalue weighted by Crippen LogP contribution is 2.33. The SMILES string of the molecule is CCN(C(=O)c1cc2cc(Br)cc(Br)c2o1)c1cccc2ccccc12.[Cl-]. The average Bonchev–Trinajstić information content (AvgIpc) is 3.07. The fourth-order valence-electron chi connectivity index (χ4n) is 3.18. The van der Waals surface area contributed by atoms with Crippen molar-refractivity contribution in [2.24, 2.45) is 0 Å². The number of benzene rings is 3. The van der Waals surface area contributed by atoms with Crippen LogP contribution in [-0.2, 0) is 0 Å². The predicted octanol–water partition coefficient (Wildman–Crippen LogP) is 3.78. The van der Waals surface area contributed by atoms with Crippen molar-refractivity contribution < 1.29 is 21.6 Å². The van der Waals surface area contributed by atoms with Crippen molar-refractivity contribution in [3.05, 3.63) is 75.4 Å². The Morgan fingerprint density at radius 1 is 1.00 bits per heavy atom. The number of rotatable bonds is 3. The molecular weight excluding hydrogens is 493 g/mol. The van der Waals surface area contributed by atoms with Crippen molar-refractivity contribution in [2.75, 3.05) is 11.4 Å². The van der Waals surface area contributed by atoms with Crippen LogP contribution >= 0.6 is 31.9 Å². The maximum Gasteiger partial charge on any atom is 0.294 e. The normalized spacial score (nSPS) is 10.8. The van der Waals surface area contributed by atoms with Gasteiger partial charge in [0, 0.05) is 21.8 Å². The van der Waals surface area contributed by atoms with E-state index in [0.29, 0.717) is 17.9 Å². The van der Waals surface area contributed by atoms with Crippen molar-refractivity contribution in [3.63, 3.8) is 0 Å². The molecule has 0 aliphatic heterocycles. The van der Waals surface area contributed by atoms with Crippen LogP contribution in [0.5, 0.6) is 0 Å². The van der Waals surface area contributed by atoms with Crippen LogP contribution in [0.25, 0.3) is 21.7 Å². The quantitative estimate of drug-likeness (QED) is 0.422. The third kappa shape index (κ3) is 3.64. The molecule has 3 aromatic carbocycles. The first-order chi connectivity index (χ1) is 12.6. The number of halogens is 3. The van der Waals surface area contributed by atoms with E-state index in [0.717, 1.165) is 30.8 Å². The molecule has 0 unspecified atom stereocenters. The van der Waals surface area contributed by atoms with Crippen molar-refractivity contribution in [1.82, 2.24) is 0 Å². The van der Waals surface area contributed by atoms with Gasteiger partial charge in [-0.15, -0.1) is 0 Å². The molecule has 0 aliphatic carbocycles. The number of anilines is 1. The summed E-state index contributed by atoms with van der Waals surface area (Å²) in [7, 11) is 0. The van der Waals surface area contributed by atoms with Crippen LogP contribution in [0.1, 0.15) is 17.5 Å². The molecule has 0 aliphatic rings. The minimum Gasteiger partial charge on any atom is -1.00 e. The molecule has 138 valence electrons. The van der Waals surface area contributed by atoms with Gasteiger partial charge in [0.25, 0.3) is 5.91 Å². The first kappa shape index (κ1) is 19.9. The number of hydrogen-bond donors (Lipinski definition) is 0. The summed E-state index contributed by atoms with van der Waals surface area (Å²) in [6, 6.07) is 19.7. The smallest absolute Gasteiger partial charge is 0.294 e. The molecule has 27 heavy (non-hydrogen) atoms. The Hall–Kier alpha value is -1.82. The summed E-state index contributed by atoms with van der Waals surface area (Å²) in [5.74, 6) is 0.177. The van der Waals surface area contributed by atoms with Crippen molar-refractivity contribution in [1.29, 1.82) is 0 Å². The van der Waals surface area contributed by atoms with E-state index in [9.17, 15) is 4.79 Å². The Morgan fingerprint density at radius 3 is 2.52 bits per heavy atom. The predicted molar refractivity (Wildman–Crippen MR) is 113 cm³/mol. The van der Waals surface area contributed by atoms with Crippen molar-refractivity contribution in [3.8, 4) is 0 Å². The number of carbonyl (C=O) groups is 1. The summed E-state index contributed by atoms with van der Waals surface area (Å²) in [5.41, 5.74) is 1.56. The lowest BCUT2D eigenvalue weighted by atomic mass is 10.1. The molecule has 1 amide bonds. The third-order valence-corrected chi connectivity index (χ3v) is 5.41. The molecular formula is C21H15Br2ClNO2-. The summed E-state index contributed by atoms with van der Waals surface area (Å²) in [6.45, 7) is 2.52. The maximum atomic E-state index is 13.2. The molecule has 0 atom stereocenters. The van der Waals surface area contributed by atoms with E-state index in [1.165, 1.54) is 0 Å². The van der Waals surface area contributed by atoms with Crippen LogP contribution in [0.15, 0.2) is 74.0 Å². The lowest BCUT2D eigenvalue weighted by Gasteiger charge is -2.21. The number of fused-ring (bicyclic) bond motifs is 2. The van der Waals surface area contributed by atoms with E-state index in [1.54, 1.807) is 11.0 Å². The monoisotopic (exact) mass is 506 g/mol. The lowest BCUT2D eigenvalue weighted by Crippen LogP contribution is -3.00. The van der Waals surface area contributed by atoms with Gasteiger partial charge in [0.1, 0.15) is 5.58 Å². The number of carbonyl (C=O) groups excluding carboxylic acids is 1. The molecule has 0 saturated heterocycles. The van der Waals surface area contributed by atoms with Crippen LogP contribution in [-0.4, -0.2) is 12.5 Å². The molecule has 3 nitrogen and oxygen atoms in total. The standard InChI is InChI=1S/C21H15Br2NO2.ClH/c1-2-24(18-9-5-7-13-6-3-4-8-16(13)18)21(25)19-11-14-10-15(22)12-17(23)20(14)26-19;/h3-12H,2H2,1H3;1H/p-1. The summed E-state index contributed by atoms with van der Waals surface area (Å²) < 4.78 is 7.62. The zero-order valence-electron chi connectivity index (χ0n) is 14.4. The first-order valence-corrected chi connectivity index (χ1v) is 9.85. The number of hydrogen-bond acceptors (Lipinski definition) is 2. The van der Waals surface area contributed by atoms with E-state index in [4.69, 9.17) is 4.42 Å². The van der Waals surface area contributed by atoms with Gasteiger partial charge in [-0.2, -0.15) is 0 Å². The van der Waals surface area contributed by atoms with Gasteiger partial charge in [-0.25, -0.2) is 0 Å². The lowest BCUT2D eigenvalue weighted by molar-refractivity contribution is -0.0000126. The van der Waals surface area contributed by atoms with Crippen LogP contribution in [0.2, 0.25) is 0 Å². The first-order valence-electron chi connectivity index (χ1n) is 8.26. The van der Waals surface area contributed by atoms with E-state index in [-0.39, 0.29) is 18.3 Å². The van der Waals surface area contributed by atoms with Gasteiger partial charge >= 0.3 is 0 Å². The molecule has 0 spiro atoms. The van der Waals surface area contributed by atoms with E-state index in [1.807, 2.05) is 61.5 Å². The summed E-state index contributed by atoms with van der Waals surface area (Å²) in [4.78, 5) is 14.9. The highest BCUT2D eigenvalue weighted by Gasteiger charge is 2.22. The van der Waals surface area contributed by atoms with Gasteiger partial charge < -0.3 is 21.7 Å². The Labute approximate surface area is 180 Å². The van der Waals surface area contributed by atoms with Gasteiger partial charge in [-0.05, 0) is 52.5 Å². The molecule has 0 fully saturated rings. The van der Waals surface area contributed by atoms with Crippen LogP contribution in [0.4, 0.5) is 5.69 Å². The minimum absolute atomic E-state index is 0. The van der Waals surface area contributed by atoms with Crippen molar-refractivity contribution >= 4 is 65.2 Å². The highest BCUT2D eigenvalue weighted by molar-refractivity contribution is 9.11. The number of furan rings is 1. The van der Waals surface area contributed by atoms with Crippen LogP contribution < -0.4 is 17.3 Å². The molecule has 0 N–H and O–H groups in total. The molecule has 1 heterocycles.